The van der Waals surface area contributed by atoms with E-state index in [1.807, 2.05) is 75.4 Å². The topological polar surface area (TPSA) is 96.0 Å². The number of ether oxygens (including phenoxy) is 1. The molecule has 0 bridgehead atoms. The van der Waals surface area contributed by atoms with Crippen LogP contribution in [0.3, 0.4) is 0 Å². The van der Waals surface area contributed by atoms with Crippen molar-refractivity contribution in [2.45, 2.75) is 44.7 Å². The summed E-state index contributed by atoms with van der Waals surface area (Å²) >= 11 is 9.91. The summed E-state index contributed by atoms with van der Waals surface area (Å²) in [4.78, 5) is 30.0. The molecule has 11 heteroatoms. The van der Waals surface area contributed by atoms with E-state index >= 15 is 0 Å². The van der Waals surface area contributed by atoms with Crippen molar-refractivity contribution in [2.24, 2.45) is 5.92 Å². The molecular weight excluding hydrogens is 702 g/mol. The normalized spacial score (nSPS) is 12.0. The highest BCUT2D eigenvalue weighted by atomic mass is 79.9. The molecule has 0 spiro atoms. The van der Waals surface area contributed by atoms with Crippen LogP contribution in [0.25, 0.3) is 0 Å². The van der Waals surface area contributed by atoms with Crippen molar-refractivity contribution in [1.82, 2.24) is 10.2 Å². The minimum atomic E-state index is -4.26. The van der Waals surface area contributed by atoms with Crippen molar-refractivity contribution in [3.8, 4) is 5.75 Å². The quantitative estimate of drug-likeness (QED) is 0.150. The summed E-state index contributed by atoms with van der Waals surface area (Å²) in [6.45, 7) is 5.75. The predicted octanol–water partition coefficient (Wildman–Crippen LogP) is 7.03. The average molecular weight is 741 g/mol. The van der Waals surface area contributed by atoms with Gasteiger partial charge in [0.25, 0.3) is 10.0 Å². The molecule has 0 aliphatic heterocycles. The Morgan fingerprint density at radius 2 is 1.57 bits per heavy atom. The van der Waals surface area contributed by atoms with Crippen LogP contribution in [0.5, 0.6) is 5.75 Å². The Bertz CT molecular complexity index is 1770. The maximum Gasteiger partial charge on any atom is 0.264 e. The van der Waals surface area contributed by atoms with Gasteiger partial charge in [-0.15, -0.1) is 0 Å². The minimum Gasteiger partial charge on any atom is -0.495 e. The van der Waals surface area contributed by atoms with Gasteiger partial charge in [0.1, 0.15) is 18.3 Å². The molecule has 0 radical (unpaired) electrons. The second-order valence-corrected chi connectivity index (χ2v) is 14.8. The molecule has 0 heterocycles. The van der Waals surface area contributed by atoms with Gasteiger partial charge in [0.2, 0.25) is 11.8 Å². The second-order valence-electron chi connectivity index (χ2n) is 11.6. The van der Waals surface area contributed by atoms with Crippen molar-refractivity contribution in [3.63, 3.8) is 0 Å². The van der Waals surface area contributed by atoms with Gasteiger partial charge >= 0.3 is 0 Å². The minimum absolute atomic E-state index is 0.0119. The summed E-state index contributed by atoms with van der Waals surface area (Å²) in [5, 5.41) is 3.18. The third-order valence-electron chi connectivity index (χ3n) is 7.53. The van der Waals surface area contributed by atoms with E-state index in [-0.39, 0.29) is 40.4 Å². The third kappa shape index (κ3) is 9.59. The Kier molecular flexibility index (Phi) is 12.5. The van der Waals surface area contributed by atoms with Crippen LogP contribution in [0.1, 0.15) is 30.5 Å². The molecule has 0 aliphatic rings. The molecule has 4 aromatic carbocycles. The Labute approximate surface area is 290 Å². The molecule has 8 nitrogen and oxygen atoms in total. The lowest BCUT2D eigenvalue weighted by Crippen LogP contribution is -2.53. The molecule has 1 unspecified atom stereocenters. The molecule has 2 amide bonds. The zero-order chi connectivity index (χ0) is 34.1. The van der Waals surface area contributed by atoms with Gasteiger partial charge in [0.15, 0.2) is 0 Å². The Hall–Kier alpha value is -3.86. The number of carbonyl (C=O) groups excluding carboxylic acids is 2. The fourth-order valence-corrected chi connectivity index (χ4v) is 6.86. The molecule has 4 rings (SSSR count). The van der Waals surface area contributed by atoms with Gasteiger partial charge in [-0.2, -0.15) is 0 Å². The van der Waals surface area contributed by atoms with Crippen LogP contribution in [0, 0.1) is 12.8 Å². The van der Waals surface area contributed by atoms with Crippen LogP contribution in [0.4, 0.5) is 5.69 Å². The highest BCUT2D eigenvalue weighted by Crippen LogP contribution is 2.32. The van der Waals surface area contributed by atoms with Gasteiger partial charge in [0, 0.05) is 24.0 Å². The fourth-order valence-electron chi connectivity index (χ4n) is 4.94. The molecule has 0 saturated carbocycles. The van der Waals surface area contributed by atoms with E-state index in [0.717, 1.165) is 25.5 Å². The van der Waals surface area contributed by atoms with Gasteiger partial charge in [-0.25, -0.2) is 8.42 Å². The van der Waals surface area contributed by atoms with Crippen molar-refractivity contribution < 1.29 is 22.7 Å². The molecule has 47 heavy (non-hydrogen) atoms. The van der Waals surface area contributed by atoms with E-state index in [0.29, 0.717) is 12.3 Å². The summed E-state index contributed by atoms with van der Waals surface area (Å²) < 4.78 is 35.6. The number of nitrogens with one attached hydrogen (secondary N) is 1. The molecule has 0 fully saturated rings. The first-order chi connectivity index (χ1) is 22.4. The van der Waals surface area contributed by atoms with Crippen LogP contribution in [0.2, 0.25) is 5.02 Å². The largest absolute Gasteiger partial charge is 0.495 e. The lowest BCUT2D eigenvalue weighted by atomic mass is 10.0. The Balaban J connectivity index is 1.82. The van der Waals surface area contributed by atoms with Crippen molar-refractivity contribution >= 4 is 55.1 Å². The van der Waals surface area contributed by atoms with Crippen LogP contribution < -0.4 is 14.4 Å². The van der Waals surface area contributed by atoms with Crippen molar-refractivity contribution in [1.29, 1.82) is 0 Å². The number of sulfonamides is 1. The molecule has 1 atom stereocenters. The van der Waals surface area contributed by atoms with Crippen molar-refractivity contribution in [3.05, 3.63) is 123 Å². The van der Waals surface area contributed by atoms with Crippen LogP contribution in [0.15, 0.2) is 106 Å². The molecule has 4 aromatic rings. The molecule has 0 saturated heterocycles. The monoisotopic (exact) mass is 739 g/mol. The summed E-state index contributed by atoms with van der Waals surface area (Å²) in [5.41, 5.74) is 2.70. The molecule has 0 aliphatic carbocycles. The maximum atomic E-state index is 14.6. The number of amides is 2. The summed E-state index contributed by atoms with van der Waals surface area (Å²) in [7, 11) is -2.80. The second kappa shape index (κ2) is 16.3. The van der Waals surface area contributed by atoms with Gasteiger partial charge in [0.05, 0.1) is 22.7 Å². The highest BCUT2D eigenvalue weighted by Gasteiger charge is 2.35. The van der Waals surface area contributed by atoms with E-state index in [9.17, 15) is 18.0 Å². The van der Waals surface area contributed by atoms with Gasteiger partial charge in [-0.1, -0.05) is 102 Å². The van der Waals surface area contributed by atoms with Crippen LogP contribution in [-0.4, -0.2) is 51.4 Å². The number of hydrogen-bond donors (Lipinski definition) is 1. The number of rotatable bonds is 14. The lowest BCUT2D eigenvalue weighted by molar-refractivity contribution is -0.140. The molecule has 0 aromatic heterocycles. The average Bonchev–Trinajstić information content (AvgIpc) is 3.05. The number of aryl methyl sites for hydroxylation is 1. The number of hydrogen-bond acceptors (Lipinski definition) is 5. The van der Waals surface area contributed by atoms with Crippen molar-refractivity contribution in [2.75, 3.05) is 24.5 Å². The zero-order valence-corrected chi connectivity index (χ0v) is 30.0. The Morgan fingerprint density at radius 3 is 2.17 bits per heavy atom. The highest BCUT2D eigenvalue weighted by molar-refractivity contribution is 9.10. The van der Waals surface area contributed by atoms with Crippen LogP contribution in [-0.2, 0) is 32.6 Å². The third-order valence-corrected chi connectivity index (χ3v) is 10.1. The number of nitrogens with zero attached hydrogens (tertiary/aromatic N) is 2. The number of carbonyl (C=O) groups is 2. The maximum absolute atomic E-state index is 14.6. The lowest BCUT2D eigenvalue weighted by Gasteiger charge is -2.34. The zero-order valence-electron chi connectivity index (χ0n) is 26.8. The van der Waals surface area contributed by atoms with E-state index in [4.69, 9.17) is 16.3 Å². The number of benzene rings is 4. The number of anilines is 1. The summed E-state index contributed by atoms with van der Waals surface area (Å²) in [5.74, 6) is -0.345. The van der Waals surface area contributed by atoms with Gasteiger partial charge in [-0.05, 0) is 66.4 Å². The standard InChI is InChI=1S/C36H39BrClN3O5S/c1-25(2)22-39-36(43)33(20-27-8-6-5-7-9-27)40(23-28-12-14-29(37)15-13-28)35(42)24-41(30-16-19-34(46-4)32(38)21-30)47(44,45)31-17-10-26(3)11-18-31/h5-19,21,25,33H,20,22-24H2,1-4H3,(H,39,43). The number of methoxy groups -OCH3 is 1. The molecule has 248 valence electrons. The first kappa shape index (κ1) is 36.0. The summed E-state index contributed by atoms with van der Waals surface area (Å²) in [6.07, 6.45) is 0.228. The van der Waals surface area contributed by atoms with Gasteiger partial charge < -0.3 is 15.0 Å². The van der Waals surface area contributed by atoms with E-state index in [1.54, 1.807) is 24.3 Å². The number of halogens is 2. The first-order valence-electron chi connectivity index (χ1n) is 15.2. The molecular formula is C36H39BrClN3O5S. The van der Waals surface area contributed by atoms with E-state index in [2.05, 4.69) is 21.2 Å². The summed E-state index contributed by atoms with van der Waals surface area (Å²) in [6, 6.07) is 26.9. The molecule has 1 N–H and O–H groups in total. The van der Waals surface area contributed by atoms with Crippen LogP contribution >= 0.6 is 27.5 Å². The van der Waals surface area contributed by atoms with E-state index < -0.39 is 28.5 Å². The van der Waals surface area contributed by atoms with Gasteiger partial charge in [-0.3, -0.25) is 13.9 Å². The SMILES string of the molecule is COc1ccc(N(CC(=O)N(Cc2ccc(Br)cc2)C(Cc2ccccc2)C(=O)NCC(C)C)S(=O)(=O)c2ccc(C)cc2)cc1Cl. The first-order valence-corrected chi connectivity index (χ1v) is 17.8. The smallest absolute Gasteiger partial charge is 0.264 e. The predicted molar refractivity (Wildman–Crippen MR) is 190 cm³/mol. The Morgan fingerprint density at radius 1 is 0.915 bits per heavy atom. The van der Waals surface area contributed by atoms with E-state index in [1.165, 1.54) is 30.2 Å². The fraction of sp³-hybridized carbons (Fsp3) is 0.278.